The Kier molecular flexibility index (Phi) is 9.78. The van der Waals surface area contributed by atoms with Crippen molar-refractivity contribution >= 4 is 39.9 Å². The summed E-state index contributed by atoms with van der Waals surface area (Å²) in [6.45, 7) is 6.82. The number of aliphatic hydroxyl groups excluding tert-OH is 1. The summed E-state index contributed by atoms with van der Waals surface area (Å²) in [7, 11) is 1.26. The number of carbonyl (C=O) groups is 3. The van der Waals surface area contributed by atoms with Gasteiger partial charge in [0.25, 0.3) is 5.78 Å². The first-order valence-corrected chi connectivity index (χ1v) is 14.4. The summed E-state index contributed by atoms with van der Waals surface area (Å²) in [6, 6.07) is 12.8. The number of aliphatic hydroxyl groups is 1. The maximum atomic E-state index is 13.5. The van der Waals surface area contributed by atoms with Crippen LogP contribution in [0.1, 0.15) is 72.1 Å². The Morgan fingerprint density at radius 2 is 1.73 bits per heavy atom. The van der Waals surface area contributed by atoms with Crippen molar-refractivity contribution in [1.29, 1.82) is 0 Å². The Morgan fingerprint density at radius 3 is 2.41 bits per heavy atom. The van der Waals surface area contributed by atoms with Crippen LogP contribution in [0.5, 0.6) is 11.5 Å². The van der Waals surface area contributed by atoms with Crippen molar-refractivity contribution in [3.8, 4) is 11.5 Å². The third kappa shape index (κ3) is 6.43. The number of esters is 1. The van der Waals surface area contributed by atoms with Crippen molar-refractivity contribution in [1.82, 2.24) is 4.98 Å². The van der Waals surface area contributed by atoms with E-state index in [2.05, 4.69) is 11.9 Å². The van der Waals surface area contributed by atoms with Gasteiger partial charge in [-0.15, -0.1) is 0 Å². The van der Waals surface area contributed by atoms with E-state index in [1.54, 1.807) is 55.5 Å². The first-order chi connectivity index (χ1) is 19.8. The molecule has 9 nitrogen and oxygen atoms in total. The molecule has 1 fully saturated rings. The minimum Gasteiger partial charge on any atom is -0.507 e. The molecule has 1 unspecified atom stereocenters. The molecular formula is C31H34N2O7S. The second-order valence-corrected chi connectivity index (χ2v) is 10.6. The number of rotatable bonds is 12. The standard InChI is InChI=1S/C31H34N2O7S/c1-5-7-8-17-40-23-11-9-10-21(18-23)25-24(26(34)20-12-14-22(15-13-20)39-16-6-2)27(35)29(36)33(25)31-32-19(3)28(41-31)30(37)38-4/h9-15,18,25,34H,5-8,16-17H2,1-4H3. The number of Topliss-reactive ketones (excluding diaryl/α,β-unsaturated/α-hetero) is 1. The molecule has 0 saturated carbocycles. The topological polar surface area (TPSA) is 115 Å². The normalized spacial score (nSPS) is 16.2. The van der Waals surface area contributed by atoms with E-state index in [1.807, 2.05) is 6.92 Å². The Labute approximate surface area is 243 Å². The van der Waals surface area contributed by atoms with Crippen LogP contribution >= 0.6 is 11.3 Å². The number of hydrogen-bond acceptors (Lipinski definition) is 9. The number of aromatic nitrogens is 1. The van der Waals surface area contributed by atoms with E-state index in [9.17, 15) is 19.5 Å². The summed E-state index contributed by atoms with van der Waals surface area (Å²) in [5, 5.41) is 11.6. The van der Waals surface area contributed by atoms with Crippen molar-refractivity contribution in [3.05, 3.63) is 75.8 Å². The van der Waals surface area contributed by atoms with Crippen LogP contribution in [0.4, 0.5) is 5.13 Å². The molecule has 1 saturated heterocycles. The fourth-order valence-electron chi connectivity index (χ4n) is 4.51. The highest BCUT2D eigenvalue weighted by molar-refractivity contribution is 7.17. The molecule has 1 aliphatic heterocycles. The van der Waals surface area contributed by atoms with Crippen LogP contribution in [0.25, 0.3) is 5.76 Å². The van der Waals surface area contributed by atoms with Gasteiger partial charge in [0.15, 0.2) is 5.13 Å². The van der Waals surface area contributed by atoms with E-state index in [1.165, 1.54) is 12.0 Å². The van der Waals surface area contributed by atoms with Gasteiger partial charge in [-0.2, -0.15) is 0 Å². The van der Waals surface area contributed by atoms with Crippen LogP contribution in [0.15, 0.2) is 54.1 Å². The van der Waals surface area contributed by atoms with Gasteiger partial charge in [0.1, 0.15) is 22.1 Å². The van der Waals surface area contributed by atoms with E-state index in [0.29, 0.717) is 41.5 Å². The van der Waals surface area contributed by atoms with Gasteiger partial charge in [-0.05, 0) is 61.7 Å². The van der Waals surface area contributed by atoms with E-state index in [4.69, 9.17) is 14.2 Å². The summed E-state index contributed by atoms with van der Waals surface area (Å²) in [4.78, 5) is 45.2. The predicted molar refractivity (Wildman–Crippen MR) is 157 cm³/mol. The molecule has 41 heavy (non-hydrogen) atoms. The molecule has 10 heteroatoms. The Hall–Kier alpha value is -4.18. The molecular weight excluding hydrogens is 544 g/mol. The van der Waals surface area contributed by atoms with Gasteiger partial charge in [0.05, 0.1) is 37.6 Å². The molecule has 2 heterocycles. The number of benzene rings is 2. The van der Waals surface area contributed by atoms with Gasteiger partial charge in [-0.25, -0.2) is 9.78 Å². The third-order valence-corrected chi connectivity index (χ3v) is 7.73. The molecule has 2 aromatic carbocycles. The SMILES string of the molecule is CCCCCOc1cccc(C2C(=C(O)c3ccc(OCCC)cc3)C(=O)C(=O)N2c2nc(C)c(C(=O)OC)s2)c1. The number of amides is 1. The molecule has 0 bridgehead atoms. The zero-order chi connectivity index (χ0) is 29.5. The summed E-state index contributed by atoms with van der Waals surface area (Å²) in [5.41, 5.74) is 1.18. The van der Waals surface area contributed by atoms with Gasteiger partial charge in [-0.1, -0.05) is 50.2 Å². The first-order valence-electron chi connectivity index (χ1n) is 13.6. The molecule has 1 aromatic heterocycles. The van der Waals surface area contributed by atoms with E-state index in [0.717, 1.165) is 37.0 Å². The quantitative estimate of drug-likeness (QED) is 0.0885. The fraction of sp³-hybridized carbons (Fsp3) is 0.355. The lowest BCUT2D eigenvalue weighted by Crippen LogP contribution is -2.29. The summed E-state index contributed by atoms with van der Waals surface area (Å²) >= 11 is 0.952. The number of hydrogen-bond donors (Lipinski definition) is 1. The number of unbranched alkanes of at least 4 members (excludes halogenated alkanes) is 2. The molecule has 1 aliphatic rings. The number of methoxy groups -OCH3 is 1. The lowest BCUT2D eigenvalue weighted by molar-refractivity contribution is -0.132. The second kappa shape index (κ2) is 13.5. The average molecular weight is 579 g/mol. The van der Waals surface area contributed by atoms with Crippen molar-refractivity contribution < 1.29 is 33.7 Å². The smallest absolute Gasteiger partial charge is 0.350 e. The number of anilines is 1. The maximum absolute atomic E-state index is 13.5. The Morgan fingerprint density at radius 1 is 1.00 bits per heavy atom. The highest BCUT2D eigenvalue weighted by Gasteiger charge is 2.48. The predicted octanol–water partition coefficient (Wildman–Crippen LogP) is 6.22. The molecule has 1 atom stereocenters. The highest BCUT2D eigenvalue weighted by Crippen LogP contribution is 2.44. The summed E-state index contributed by atoms with van der Waals surface area (Å²) in [6.07, 6.45) is 3.84. The Balaban J connectivity index is 1.82. The average Bonchev–Trinajstić information content (AvgIpc) is 3.50. The second-order valence-electron chi connectivity index (χ2n) is 9.57. The van der Waals surface area contributed by atoms with Crippen LogP contribution in [0.2, 0.25) is 0 Å². The zero-order valence-electron chi connectivity index (χ0n) is 23.6. The van der Waals surface area contributed by atoms with Gasteiger partial charge >= 0.3 is 11.9 Å². The van der Waals surface area contributed by atoms with E-state index >= 15 is 0 Å². The summed E-state index contributed by atoms with van der Waals surface area (Å²) < 4.78 is 16.4. The molecule has 1 amide bonds. The Bertz CT molecular complexity index is 1440. The number of aryl methyl sites for hydroxylation is 1. The fourth-order valence-corrected chi connectivity index (χ4v) is 5.53. The number of carbonyl (C=O) groups excluding carboxylic acids is 3. The van der Waals surface area contributed by atoms with Crippen molar-refractivity contribution in [3.63, 3.8) is 0 Å². The molecule has 0 radical (unpaired) electrons. The minimum absolute atomic E-state index is 0.0900. The van der Waals surface area contributed by atoms with Crippen LogP contribution in [-0.4, -0.2) is 48.1 Å². The number of ether oxygens (including phenoxy) is 3. The van der Waals surface area contributed by atoms with Gasteiger partial charge in [0, 0.05) is 5.56 Å². The van der Waals surface area contributed by atoms with Crippen LogP contribution in [-0.2, 0) is 14.3 Å². The lowest BCUT2D eigenvalue weighted by atomic mass is 9.95. The van der Waals surface area contributed by atoms with E-state index in [-0.39, 0.29) is 21.3 Å². The van der Waals surface area contributed by atoms with Gasteiger partial charge in [-0.3, -0.25) is 14.5 Å². The molecule has 4 rings (SSSR count). The number of ketones is 1. The largest absolute Gasteiger partial charge is 0.507 e. The lowest BCUT2D eigenvalue weighted by Gasteiger charge is -2.23. The highest BCUT2D eigenvalue weighted by atomic mass is 32.1. The van der Waals surface area contributed by atoms with Crippen LogP contribution in [0.3, 0.4) is 0 Å². The van der Waals surface area contributed by atoms with Crippen LogP contribution < -0.4 is 14.4 Å². The van der Waals surface area contributed by atoms with Crippen molar-refractivity contribution in [2.45, 2.75) is 52.5 Å². The molecule has 3 aromatic rings. The number of thiazole rings is 1. The van der Waals surface area contributed by atoms with Gasteiger partial charge < -0.3 is 19.3 Å². The zero-order valence-corrected chi connectivity index (χ0v) is 24.5. The monoisotopic (exact) mass is 578 g/mol. The van der Waals surface area contributed by atoms with Gasteiger partial charge in [0.2, 0.25) is 0 Å². The van der Waals surface area contributed by atoms with Crippen molar-refractivity contribution in [2.24, 2.45) is 0 Å². The maximum Gasteiger partial charge on any atom is 0.350 e. The first kappa shape index (κ1) is 29.8. The molecule has 0 spiro atoms. The van der Waals surface area contributed by atoms with Crippen molar-refractivity contribution in [2.75, 3.05) is 25.2 Å². The molecule has 0 aliphatic carbocycles. The molecule has 1 N–H and O–H groups in total. The number of nitrogens with zero attached hydrogens (tertiary/aromatic N) is 2. The third-order valence-electron chi connectivity index (χ3n) is 6.60. The summed E-state index contributed by atoms with van der Waals surface area (Å²) in [5.74, 6) is -1.44. The van der Waals surface area contributed by atoms with Crippen LogP contribution in [0, 0.1) is 6.92 Å². The van der Waals surface area contributed by atoms with E-state index < -0.39 is 23.7 Å². The minimum atomic E-state index is -1.01. The molecule has 216 valence electrons.